The lowest BCUT2D eigenvalue weighted by molar-refractivity contribution is -0.274. The van der Waals surface area contributed by atoms with Gasteiger partial charge in [0.2, 0.25) is 0 Å². The Morgan fingerprint density at radius 3 is 2.33 bits per heavy atom. The van der Waals surface area contributed by atoms with Crippen LogP contribution in [0.2, 0.25) is 0 Å². The Morgan fingerprint density at radius 1 is 1.14 bits per heavy atom. The van der Waals surface area contributed by atoms with Crippen molar-refractivity contribution in [2.75, 3.05) is 20.3 Å². The Hall–Kier alpha value is -1.27. The summed E-state index contributed by atoms with van der Waals surface area (Å²) in [6.07, 6.45) is -4.67. The van der Waals surface area contributed by atoms with E-state index in [0.29, 0.717) is 19.7 Å². The summed E-state index contributed by atoms with van der Waals surface area (Å²) in [6.45, 7) is 7.96. The second-order valence-corrected chi connectivity index (χ2v) is 5.78. The lowest BCUT2D eigenvalue weighted by Gasteiger charge is -2.35. The number of alkyl halides is 3. The fraction of sp³-hybridized carbons (Fsp3) is 0.600. The fourth-order valence-electron chi connectivity index (χ4n) is 1.91. The maximum atomic E-state index is 12.2. The van der Waals surface area contributed by atoms with Crippen molar-refractivity contribution in [1.82, 2.24) is 4.90 Å². The fourth-order valence-corrected chi connectivity index (χ4v) is 1.91. The third-order valence-electron chi connectivity index (χ3n) is 3.02. The van der Waals surface area contributed by atoms with Crippen LogP contribution in [0.25, 0.3) is 0 Å². The largest absolute Gasteiger partial charge is 0.573 e. The van der Waals surface area contributed by atoms with E-state index in [1.54, 1.807) is 19.2 Å². The molecular formula is C15H22F3NO2. The summed E-state index contributed by atoms with van der Waals surface area (Å²) >= 11 is 0. The first-order chi connectivity index (χ1) is 9.62. The molecule has 6 heteroatoms. The molecule has 0 amide bonds. The zero-order chi connectivity index (χ0) is 16.1. The topological polar surface area (TPSA) is 21.7 Å². The van der Waals surface area contributed by atoms with E-state index >= 15 is 0 Å². The lowest BCUT2D eigenvalue weighted by Crippen LogP contribution is -2.42. The van der Waals surface area contributed by atoms with Gasteiger partial charge in [-0.3, -0.25) is 4.90 Å². The molecule has 120 valence electrons. The molecule has 0 saturated heterocycles. The monoisotopic (exact) mass is 305 g/mol. The number of nitrogens with zero attached hydrogens (tertiary/aromatic N) is 1. The van der Waals surface area contributed by atoms with Crippen LogP contribution < -0.4 is 4.74 Å². The highest BCUT2D eigenvalue weighted by Crippen LogP contribution is 2.25. The summed E-state index contributed by atoms with van der Waals surface area (Å²) in [5, 5.41) is 0. The van der Waals surface area contributed by atoms with E-state index in [4.69, 9.17) is 4.74 Å². The van der Waals surface area contributed by atoms with Crippen molar-refractivity contribution in [3.63, 3.8) is 0 Å². The van der Waals surface area contributed by atoms with Gasteiger partial charge in [-0.1, -0.05) is 12.1 Å². The van der Waals surface area contributed by atoms with Gasteiger partial charge in [-0.2, -0.15) is 0 Å². The number of rotatable bonds is 6. The van der Waals surface area contributed by atoms with Crippen LogP contribution in [0.15, 0.2) is 24.3 Å². The third kappa shape index (κ3) is 6.82. The quantitative estimate of drug-likeness (QED) is 0.797. The molecule has 0 aliphatic heterocycles. The molecule has 0 bridgehead atoms. The van der Waals surface area contributed by atoms with Gasteiger partial charge in [0.1, 0.15) is 5.75 Å². The average Bonchev–Trinajstić information content (AvgIpc) is 2.31. The van der Waals surface area contributed by atoms with Gasteiger partial charge in [-0.25, -0.2) is 0 Å². The van der Waals surface area contributed by atoms with Crippen molar-refractivity contribution in [1.29, 1.82) is 0 Å². The molecule has 0 radical (unpaired) electrons. The van der Waals surface area contributed by atoms with E-state index in [1.165, 1.54) is 12.1 Å². The average molecular weight is 305 g/mol. The maximum Gasteiger partial charge on any atom is 0.573 e. The van der Waals surface area contributed by atoms with Crippen molar-refractivity contribution in [3.05, 3.63) is 29.8 Å². The molecule has 0 spiro atoms. The molecule has 0 heterocycles. The molecule has 0 saturated carbocycles. The predicted molar refractivity (Wildman–Crippen MR) is 75.2 cm³/mol. The van der Waals surface area contributed by atoms with Crippen molar-refractivity contribution >= 4 is 0 Å². The molecule has 0 aliphatic carbocycles. The Morgan fingerprint density at radius 2 is 1.81 bits per heavy atom. The Kier molecular flexibility index (Phi) is 6.04. The van der Waals surface area contributed by atoms with Gasteiger partial charge >= 0.3 is 6.36 Å². The van der Waals surface area contributed by atoms with Crippen LogP contribution in [-0.4, -0.2) is 37.1 Å². The molecule has 1 aromatic carbocycles. The Bertz CT molecular complexity index is 441. The highest BCUT2D eigenvalue weighted by molar-refractivity contribution is 5.28. The van der Waals surface area contributed by atoms with E-state index in [9.17, 15) is 13.2 Å². The number of methoxy groups -OCH3 is 1. The minimum absolute atomic E-state index is 0.112. The number of hydrogen-bond acceptors (Lipinski definition) is 3. The van der Waals surface area contributed by atoms with Crippen molar-refractivity contribution in [2.45, 2.75) is 39.2 Å². The standard InChI is InChI=1S/C15H22F3NO2/c1-14(2,3)19(8-9-20-4)11-12-6-5-7-13(10-12)21-15(16,17)18/h5-7,10H,8-9,11H2,1-4H3. The number of ether oxygens (including phenoxy) is 2. The summed E-state index contributed by atoms with van der Waals surface area (Å²) in [6, 6.07) is 6.06. The molecule has 0 aliphatic rings. The lowest BCUT2D eigenvalue weighted by atomic mass is 10.0. The summed E-state index contributed by atoms with van der Waals surface area (Å²) in [7, 11) is 1.62. The first-order valence-electron chi connectivity index (χ1n) is 6.70. The van der Waals surface area contributed by atoms with Crippen molar-refractivity contribution < 1.29 is 22.6 Å². The van der Waals surface area contributed by atoms with Crippen LogP contribution in [0.1, 0.15) is 26.3 Å². The Labute approximate surface area is 123 Å². The van der Waals surface area contributed by atoms with Gasteiger partial charge in [0.15, 0.2) is 0 Å². The second kappa shape index (κ2) is 7.13. The smallest absolute Gasteiger partial charge is 0.406 e. The molecule has 0 unspecified atom stereocenters. The van der Waals surface area contributed by atoms with E-state index in [0.717, 1.165) is 5.56 Å². The molecule has 3 nitrogen and oxygen atoms in total. The van der Waals surface area contributed by atoms with Crippen LogP contribution in [0, 0.1) is 0 Å². The zero-order valence-electron chi connectivity index (χ0n) is 12.8. The predicted octanol–water partition coefficient (Wildman–Crippen LogP) is 3.83. The van der Waals surface area contributed by atoms with Crippen molar-refractivity contribution in [3.8, 4) is 5.75 Å². The maximum absolute atomic E-state index is 12.2. The van der Waals surface area contributed by atoms with E-state index in [-0.39, 0.29) is 11.3 Å². The normalized spacial score (nSPS) is 12.8. The van der Waals surface area contributed by atoms with E-state index < -0.39 is 6.36 Å². The van der Waals surface area contributed by atoms with Crippen LogP contribution in [-0.2, 0) is 11.3 Å². The molecule has 0 N–H and O–H groups in total. The van der Waals surface area contributed by atoms with Gasteiger partial charge in [0, 0.05) is 25.7 Å². The highest BCUT2D eigenvalue weighted by Gasteiger charge is 2.31. The summed E-state index contributed by atoms with van der Waals surface area (Å²) in [4.78, 5) is 2.14. The van der Waals surface area contributed by atoms with Crippen LogP contribution in [0.4, 0.5) is 13.2 Å². The van der Waals surface area contributed by atoms with Crippen LogP contribution in [0.3, 0.4) is 0 Å². The molecule has 0 aromatic heterocycles. The van der Waals surface area contributed by atoms with Gasteiger partial charge in [-0.05, 0) is 38.5 Å². The molecular weight excluding hydrogens is 283 g/mol. The minimum atomic E-state index is -4.67. The summed E-state index contributed by atoms with van der Waals surface area (Å²) in [5.74, 6) is -0.194. The number of hydrogen-bond donors (Lipinski definition) is 0. The van der Waals surface area contributed by atoms with Crippen LogP contribution >= 0.6 is 0 Å². The number of benzene rings is 1. The number of halogens is 3. The molecule has 1 rings (SSSR count). The summed E-state index contributed by atoms with van der Waals surface area (Å²) < 4.78 is 45.8. The molecule has 21 heavy (non-hydrogen) atoms. The van der Waals surface area contributed by atoms with E-state index in [2.05, 4.69) is 30.4 Å². The molecule has 0 atom stereocenters. The van der Waals surface area contributed by atoms with Crippen LogP contribution in [0.5, 0.6) is 5.75 Å². The third-order valence-corrected chi connectivity index (χ3v) is 3.02. The zero-order valence-corrected chi connectivity index (χ0v) is 12.8. The first-order valence-corrected chi connectivity index (χ1v) is 6.70. The van der Waals surface area contributed by atoms with Gasteiger partial charge in [0.25, 0.3) is 0 Å². The SMILES string of the molecule is COCCN(Cc1cccc(OC(F)(F)F)c1)C(C)(C)C. The highest BCUT2D eigenvalue weighted by atomic mass is 19.4. The van der Waals surface area contributed by atoms with E-state index in [1.807, 2.05) is 0 Å². The Balaban J connectivity index is 2.81. The van der Waals surface area contributed by atoms with Gasteiger partial charge in [0.05, 0.1) is 6.61 Å². The van der Waals surface area contributed by atoms with Gasteiger partial charge in [-0.15, -0.1) is 13.2 Å². The molecule has 0 fully saturated rings. The molecule has 1 aromatic rings. The summed E-state index contributed by atoms with van der Waals surface area (Å²) in [5.41, 5.74) is 0.655. The second-order valence-electron chi connectivity index (χ2n) is 5.78. The van der Waals surface area contributed by atoms with Crippen molar-refractivity contribution in [2.24, 2.45) is 0 Å². The van der Waals surface area contributed by atoms with Gasteiger partial charge < -0.3 is 9.47 Å². The minimum Gasteiger partial charge on any atom is -0.406 e. The first kappa shape index (κ1) is 17.8.